The minimum absolute atomic E-state index is 0.00523. The first kappa shape index (κ1) is 22.3. The molecule has 0 radical (unpaired) electrons. The lowest BCUT2D eigenvalue weighted by molar-refractivity contribution is 0.0687. The molecule has 0 saturated heterocycles. The average molecular weight is 468 g/mol. The van der Waals surface area contributed by atoms with Crippen LogP contribution >= 0.6 is 11.6 Å². The molecule has 166 valence electrons. The molecule has 6 nitrogen and oxygen atoms in total. The molecule has 0 atom stereocenters. The highest BCUT2D eigenvalue weighted by molar-refractivity contribution is 6.36. The second-order valence-corrected chi connectivity index (χ2v) is 7.66. The summed E-state index contributed by atoms with van der Waals surface area (Å²) in [7, 11) is 0. The van der Waals surface area contributed by atoms with E-state index in [4.69, 9.17) is 16.7 Å². The van der Waals surface area contributed by atoms with Crippen LogP contribution < -0.4 is 0 Å². The first-order valence-corrected chi connectivity index (χ1v) is 10.2. The van der Waals surface area contributed by atoms with Crippen LogP contribution in [0.15, 0.2) is 67.0 Å². The van der Waals surface area contributed by atoms with Crippen molar-refractivity contribution in [1.29, 1.82) is 0 Å². The lowest BCUT2D eigenvalue weighted by atomic mass is 10.1. The Morgan fingerprint density at radius 3 is 2.39 bits per heavy atom. The Morgan fingerprint density at radius 1 is 0.970 bits per heavy atom. The van der Waals surface area contributed by atoms with Gasteiger partial charge in [0.2, 0.25) is 0 Å². The molecule has 2 aromatic heterocycles. The van der Waals surface area contributed by atoms with Crippen LogP contribution in [0.25, 0.3) is 10.9 Å². The molecule has 1 amide bonds. The number of benzene rings is 2. The number of hydrogen-bond donors (Lipinski definition) is 1. The van der Waals surface area contributed by atoms with Gasteiger partial charge >= 0.3 is 5.97 Å². The maximum atomic E-state index is 13.8. The molecule has 4 rings (SSSR count). The first-order valence-electron chi connectivity index (χ1n) is 9.77. The van der Waals surface area contributed by atoms with E-state index >= 15 is 0 Å². The van der Waals surface area contributed by atoms with Crippen LogP contribution in [-0.4, -0.2) is 31.9 Å². The predicted octanol–water partition coefficient (Wildman–Crippen LogP) is 5.10. The highest BCUT2D eigenvalue weighted by Crippen LogP contribution is 2.28. The van der Waals surface area contributed by atoms with Gasteiger partial charge in [-0.15, -0.1) is 0 Å². The van der Waals surface area contributed by atoms with E-state index in [1.807, 2.05) is 0 Å². The highest BCUT2D eigenvalue weighted by atomic mass is 35.5. The summed E-state index contributed by atoms with van der Waals surface area (Å²) in [5.41, 5.74) is 1.51. The summed E-state index contributed by atoms with van der Waals surface area (Å²) in [4.78, 5) is 33.8. The van der Waals surface area contributed by atoms with Crippen LogP contribution in [-0.2, 0) is 13.1 Å². The minimum Gasteiger partial charge on any atom is -0.477 e. The van der Waals surface area contributed by atoms with Crippen LogP contribution in [0.1, 0.15) is 32.0 Å². The lowest BCUT2D eigenvalue weighted by Crippen LogP contribution is -2.30. The molecule has 0 saturated carbocycles. The third-order valence-corrected chi connectivity index (χ3v) is 5.42. The predicted molar refractivity (Wildman–Crippen MR) is 118 cm³/mol. The average Bonchev–Trinajstić information content (AvgIpc) is 2.79. The zero-order valence-corrected chi connectivity index (χ0v) is 17.8. The number of carbonyl (C=O) groups excluding carboxylic acids is 1. The van der Waals surface area contributed by atoms with Crippen molar-refractivity contribution in [3.05, 3.63) is 106 Å². The lowest BCUT2D eigenvalue weighted by Gasteiger charge is -2.24. The monoisotopic (exact) mass is 467 g/mol. The number of fused-ring (bicyclic) bond motifs is 1. The van der Waals surface area contributed by atoms with Gasteiger partial charge in [-0.1, -0.05) is 23.7 Å². The van der Waals surface area contributed by atoms with E-state index in [1.165, 1.54) is 23.2 Å². The largest absolute Gasteiger partial charge is 0.477 e. The smallest absolute Gasteiger partial charge is 0.354 e. The van der Waals surface area contributed by atoms with E-state index in [0.29, 0.717) is 33.1 Å². The normalized spacial score (nSPS) is 10.9. The Bertz CT molecular complexity index is 1340. The first-order chi connectivity index (χ1) is 15.8. The minimum atomic E-state index is -1.18. The van der Waals surface area contributed by atoms with E-state index in [1.54, 1.807) is 30.5 Å². The van der Waals surface area contributed by atoms with E-state index in [9.17, 15) is 18.4 Å². The van der Waals surface area contributed by atoms with Gasteiger partial charge in [-0.3, -0.25) is 9.78 Å². The van der Waals surface area contributed by atoms with Gasteiger partial charge in [0.1, 0.15) is 17.3 Å². The van der Waals surface area contributed by atoms with Crippen LogP contribution in [0, 0.1) is 11.6 Å². The fourth-order valence-corrected chi connectivity index (χ4v) is 3.70. The van der Waals surface area contributed by atoms with E-state index in [-0.39, 0.29) is 24.3 Å². The molecule has 4 aromatic rings. The van der Waals surface area contributed by atoms with Gasteiger partial charge in [-0.05, 0) is 47.5 Å². The van der Waals surface area contributed by atoms with Crippen molar-refractivity contribution in [2.75, 3.05) is 0 Å². The van der Waals surface area contributed by atoms with Gasteiger partial charge in [0.25, 0.3) is 5.91 Å². The zero-order chi connectivity index (χ0) is 23.5. The number of nitrogens with zero attached hydrogens (tertiary/aromatic N) is 3. The molecule has 0 unspecified atom stereocenters. The molecule has 0 aliphatic heterocycles. The van der Waals surface area contributed by atoms with Gasteiger partial charge in [0.15, 0.2) is 0 Å². The number of carboxylic acids is 1. The molecule has 0 bridgehead atoms. The van der Waals surface area contributed by atoms with Crippen molar-refractivity contribution < 1.29 is 23.5 Å². The standard InChI is InChI=1S/C24H16ClF2N3O3/c25-22-15(4-6-20-19(22)2-1-7-28-20)13-30(12-14-3-5-21(24(32)33)29-11-14)23(31)16-8-17(26)10-18(27)9-16/h1-11H,12-13H2,(H,32,33). The molecule has 2 aromatic carbocycles. The molecule has 0 spiro atoms. The van der Waals surface area contributed by atoms with Gasteiger partial charge in [0.05, 0.1) is 10.5 Å². The molecule has 0 fully saturated rings. The van der Waals surface area contributed by atoms with Crippen LogP contribution in [0.3, 0.4) is 0 Å². The summed E-state index contributed by atoms with van der Waals surface area (Å²) in [6, 6.07) is 12.5. The zero-order valence-electron chi connectivity index (χ0n) is 17.0. The summed E-state index contributed by atoms with van der Waals surface area (Å²) >= 11 is 6.57. The Labute approximate surface area is 192 Å². The number of hydrogen-bond acceptors (Lipinski definition) is 4. The number of amides is 1. The topological polar surface area (TPSA) is 83.4 Å². The van der Waals surface area contributed by atoms with E-state index in [2.05, 4.69) is 9.97 Å². The summed E-state index contributed by atoms with van der Waals surface area (Å²) < 4.78 is 27.5. The number of halogens is 3. The summed E-state index contributed by atoms with van der Waals surface area (Å²) in [5, 5.41) is 10.1. The maximum absolute atomic E-state index is 13.8. The Kier molecular flexibility index (Phi) is 6.28. The van der Waals surface area contributed by atoms with Gasteiger partial charge < -0.3 is 10.0 Å². The number of aromatic nitrogens is 2. The van der Waals surface area contributed by atoms with Crippen LogP contribution in [0.4, 0.5) is 8.78 Å². The number of carboxylic acid groups (broad SMARTS) is 1. The van der Waals surface area contributed by atoms with Crippen molar-refractivity contribution in [2.24, 2.45) is 0 Å². The highest BCUT2D eigenvalue weighted by Gasteiger charge is 2.20. The van der Waals surface area contributed by atoms with Crippen molar-refractivity contribution >= 4 is 34.4 Å². The molecule has 0 aliphatic carbocycles. The van der Waals surface area contributed by atoms with Crippen molar-refractivity contribution in [2.45, 2.75) is 13.1 Å². The number of pyridine rings is 2. The van der Waals surface area contributed by atoms with Gasteiger partial charge in [-0.2, -0.15) is 0 Å². The SMILES string of the molecule is O=C(O)c1ccc(CN(Cc2ccc3ncccc3c2Cl)C(=O)c2cc(F)cc(F)c2)cn1. The quantitative estimate of drug-likeness (QED) is 0.426. The number of aromatic carboxylic acids is 1. The number of carbonyl (C=O) groups is 2. The third-order valence-electron chi connectivity index (χ3n) is 4.97. The molecule has 2 heterocycles. The Balaban J connectivity index is 1.71. The molecule has 9 heteroatoms. The Morgan fingerprint density at radius 2 is 1.73 bits per heavy atom. The summed E-state index contributed by atoms with van der Waals surface area (Å²) in [6.45, 7) is 0.0343. The summed E-state index contributed by atoms with van der Waals surface area (Å²) in [6.07, 6.45) is 2.97. The second kappa shape index (κ2) is 9.30. The van der Waals surface area contributed by atoms with Crippen LogP contribution in [0.2, 0.25) is 5.02 Å². The molecular formula is C24H16ClF2N3O3. The van der Waals surface area contributed by atoms with E-state index in [0.717, 1.165) is 12.1 Å². The van der Waals surface area contributed by atoms with Gasteiger partial charge in [0, 0.05) is 42.5 Å². The molecular weight excluding hydrogens is 452 g/mol. The van der Waals surface area contributed by atoms with Gasteiger partial charge in [-0.25, -0.2) is 18.6 Å². The molecule has 0 aliphatic rings. The number of rotatable bonds is 6. The van der Waals surface area contributed by atoms with Crippen molar-refractivity contribution in [3.8, 4) is 0 Å². The van der Waals surface area contributed by atoms with Crippen LogP contribution in [0.5, 0.6) is 0 Å². The Hall–Kier alpha value is -3.91. The summed E-state index contributed by atoms with van der Waals surface area (Å²) in [5.74, 6) is -3.56. The fraction of sp³-hybridized carbons (Fsp3) is 0.0833. The van der Waals surface area contributed by atoms with Crippen molar-refractivity contribution in [1.82, 2.24) is 14.9 Å². The van der Waals surface area contributed by atoms with E-state index < -0.39 is 23.5 Å². The maximum Gasteiger partial charge on any atom is 0.354 e. The second-order valence-electron chi connectivity index (χ2n) is 7.28. The third kappa shape index (κ3) is 4.96. The molecule has 1 N–H and O–H groups in total. The fourth-order valence-electron chi connectivity index (χ4n) is 3.41. The van der Waals surface area contributed by atoms with Crippen molar-refractivity contribution in [3.63, 3.8) is 0 Å². The molecule has 33 heavy (non-hydrogen) atoms.